The smallest absolute Gasteiger partial charge is 0.263 e. The van der Waals surface area contributed by atoms with Gasteiger partial charge in [-0.2, -0.15) is 4.98 Å². The summed E-state index contributed by atoms with van der Waals surface area (Å²) in [7, 11) is 0. The number of allylic oxidation sites excluding steroid dienone is 1. The van der Waals surface area contributed by atoms with E-state index < -0.39 is 5.67 Å². The molecule has 2 bridgehead atoms. The van der Waals surface area contributed by atoms with Crippen LogP contribution in [0.25, 0.3) is 0 Å². The second kappa shape index (κ2) is 3.63. The lowest BCUT2D eigenvalue weighted by molar-refractivity contribution is 0.154. The number of hydrogen-bond acceptors (Lipinski definition) is 4. The van der Waals surface area contributed by atoms with Crippen LogP contribution >= 0.6 is 0 Å². The van der Waals surface area contributed by atoms with Crippen LogP contribution in [0.1, 0.15) is 51.2 Å². The topological polar surface area (TPSA) is 64.9 Å². The summed E-state index contributed by atoms with van der Waals surface area (Å²) in [4.78, 5) is 4.26. The number of nitrogens with two attached hydrogens (primary N) is 1. The molecule has 0 atom stereocenters. The fraction of sp³-hybridized carbons (Fsp3) is 0.692. The Morgan fingerprint density at radius 3 is 2.61 bits per heavy atom. The van der Waals surface area contributed by atoms with E-state index in [9.17, 15) is 4.39 Å². The summed E-state index contributed by atoms with van der Waals surface area (Å²) in [6.07, 6.45) is 3.93. The molecule has 4 nitrogen and oxygen atoms in total. The highest BCUT2D eigenvalue weighted by Gasteiger charge is 2.49. The van der Waals surface area contributed by atoms with Gasteiger partial charge in [0.2, 0.25) is 0 Å². The van der Waals surface area contributed by atoms with Crippen molar-refractivity contribution in [2.45, 2.75) is 50.6 Å². The van der Waals surface area contributed by atoms with Crippen LogP contribution in [0.5, 0.6) is 0 Å². The molecular weight excluding hydrogens is 233 g/mol. The Labute approximate surface area is 105 Å². The second-order valence-corrected chi connectivity index (χ2v) is 5.94. The van der Waals surface area contributed by atoms with Gasteiger partial charge in [0.25, 0.3) is 5.89 Å². The zero-order valence-corrected chi connectivity index (χ0v) is 10.8. The van der Waals surface area contributed by atoms with E-state index in [0.29, 0.717) is 12.4 Å². The molecule has 1 aromatic rings. The molecule has 0 spiro atoms. The van der Waals surface area contributed by atoms with Crippen molar-refractivity contribution in [3.05, 3.63) is 22.9 Å². The second-order valence-electron chi connectivity index (χ2n) is 5.94. The Morgan fingerprint density at radius 1 is 1.44 bits per heavy atom. The van der Waals surface area contributed by atoms with Crippen LogP contribution in [-0.2, 0) is 11.1 Å². The first-order chi connectivity index (χ1) is 8.44. The van der Waals surface area contributed by atoms with E-state index in [0.717, 1.165) is 25.7 Å². The molecule has 0 aliphatic heterocycles. The summed E-state index contributed by atoms with van der Waals surface area (Å²) in [6.45, 7) is 3.52. The summed E-state index contributed by atoms with van der Waals surface area (Å²) in [5, 5.41) is 3.99. The summed E-state index contributed by atoms with van der Waals surface area (Å²) < 4.78 is 18.8. The molecule has 1 fully saturated rings. The minimum atomic E-state index is -1.57. The Kier molecular flexibility index (Phi) is 2.39. The summed E-state index contributed by atoms with van der Waals surface area (Å²) in [5.41, 5.74) is 6.94. The quantitative estimate of drug-likeness (QED) is 0.837. The maximum Gasteiger partial charge on any atom is 0.263 e. The van der Waals surface area contributed by atoms with Crippen molar-refractivity contribution in [3.63, 3.8) is 0 Å². The number of nitrogens with zero attached hydrogens (tertiary/aromatic N) is 2. The number of halogens is 1. The van der Waals surface area contributed by atoms with Crippen LogP contribution < -0.4 is 5.73 Å². The van der Waals surface area contributed by atoms with E-state index >= 15 is 0 Å². The molecule has 0 amide bonds. The van der Waals surface area contributed by atoms with Gasteiger partial charge in [-0.25, -0.2) is 4.39 Å². The van der Waals surface area contributed by atoms with Gasteiger partial charge in [0.15, 0.2) is 11.5 Å². The van der Waals surface area contributed by atoms with Crippen LogP contribution in [0, 0.1) is 0 Å². The molecule has 3 aliphatic carbocycles. The average Bonchev–Trinajstić information content (AvgIpc) is 2.76. The molecule has 0 radical (unpaired) electrons. The van der Waals surface area contributed by atoms with Crippen molar-refractivity contribution in [3.8, 4) is 0 Å². The molecule has 0 aromatic carbocycles. The number of aromatic nitrogens is 2. The van der Waals surface area contributed by atoms with Crippen molar-refractivity contribution < 1.29 is 8.91 Å². The minimum Gasteiger partial charge on any atom is -0.336 e. The van der Waals surface area contributed by atoms with Crippen LogP contribution in [0.2, 0.25) is 0 Å². The highest BCUT2D eigenvalue weighted by molar-refractivity contribution is 5.38. The zero-order chi connectivity index (χ0) is 13.0. The first-order valence-corrected chi connectivity index (χ1v) is 6.38. The fourth-order valence-corrected chi connectivity index (χ4v) is 2.96. The van der Waals surface area contributed by atoms with Crippen molar-refractivity contribution in [2.75, 3.05) is 6.54 Å². The van der Waals surface area contributed by atoms with Crippen molar-refractivity contribution >= 4 is 0 Å². The Morgan fingerprint density at radius 2 is 2.17 bits per heavy atom. The largest absolute Gasteiger partial charge is 0.336 e. The van der Waals surface area contributed by atoms with Crippen LogP contribution in [0.4, 0.5) is 4.39 Å². The summed E-state index contributed by atoms with van der Waals surface area (Å²) in [6, 6.07) is 0. The highest BCUT2D eigenvalue weighted by Crippen LogP contribution is 2.55. The van der Waals surface area contributed by atoms with Crippen LogP contribution in [-0.4, -0.2) is 16.7 Å². The Hall–Kier alpha value is -1.23. The minimum absolute atomic E-state index is 0.0129. The van der Waals surface area contributed by atoms with Crippen molar-refractivity contribution in [2.24, 2.45) is 5.73 Å². The van der Waals surface area contributed by atoms with E-state index in [-0.39, 0.29) is 11.3 Å². The molecule has 5 heteroatoms. The fourth-order valence-electron chi connectivity index (χ4n) is 2.96. The first kappa shape index (κ1) is 11.8. The molecule has 1 aromatic heterocycles. The molecule has 1 saturated carbocycles. The standard InChI is InChI=1S/C13H18FN3O/c1-12(2,14)11-16-10(17-18-11)13-4-3-8(7-15)9(5-13)6-13/h3-7,15H2,1-2H3. The predicted molar refractivity (Wildman–Crippen MR) is 64.7 cm³/mol. The van der Waals surface area contributed by atoms with Gasteiger partial charge in [0.05, 0.1) is 0 Å². The normalized spacial score (nSPS) is 22.0. The summed E-state index contributed by atoms with van der Waals surface area (Å²) in [5.74, 6) is 0.747. The first-order valence-electron chi connectivity index (χ1n) is 6.38. The van der Waals surface area contributed by atoms with Crippen LogP contribution in [0.15, 0.2) is 15.7 Å². The van der Waals surface area contributed by atoms with Gasteiger partial charge < -0.3 is 10.3 Å². The van der Waals surface area contributed by atoms with Crippen LogP contribution in [0.3, 0.4) is 0 Å². The van der Waals surface area contributed by atoms with E-state index in [4.69, 9.17) is 10.3 Å². The molecule has 98 valence electrons. The Balaban J connectivity index is 1.86. The van der Waals surface area contributed by atoms with Gasteiger partial charge in [-0.3, -0.25) is 0 Å². The molecule has 4 rings (SSSR count). The van der Waals surface area contributed by atoms with E-state index in [1.807, 2.05) is 0 Å². The van der Waals surface area contributed by atoms with E-state index in [1.54, 1.807) is 0 Å². The average molecular weight is 251 g/mol. The highest BCUT2D eigenvalue weighted by atomic mass is 19.1. The third kappa shape index (κ3) is 1.61. The van der Waals surface area contributed by atoms with Gasteiger partial charge in [-0.1, -0.05) is 16.3 Å². The van der Waals surface area contributed by atoms with Gasteiger partial charge in [0.1, 0.15) is 0 Å². The number of hydrogen-bond donors (Lipinski definition) is 1. The maximum absolute atomic E-state index is 13.7. The third-order valence-electron chi connectivity index (χ3n) is 4.16. The number of rotatable bonds is 3. The molecule has 2 N–H and O–H groups in total. The monoisotopic (exact) mass is 251 g/mol. The molecular formula is C13H18FN3O. The summed E-state index contributed by atoms with van der Waals surface area (Å²) >= 11 is 0. The SMILES string of the molecule is CC(C)(F)c1nc(C23CCC(CN)=C(C2)C3)no1. The molecule has 0 saturated heterocycles. The molecule has 1 heterocycles. The van der Waals surface area contributed by atoms with Crippen molar-refractivity contribution in [1.29, 1.82) is 0 Å². The number of alkyl halides is 1. The van der Waals surface area contributed by atoms with Gasteiger partial charge in [-0.15, -0.1) is 0 Å². The lowest BCUT2D eigenvalue weighted by Gasteiger charge is -2.47. The molecule has 0 unspecified atom stereocenters. The predicted octanol–water partition coefficient (Wildman–Crippen LogP) is 2.35. The molecule has 18 heavy (non-hydrogen) atoms. The zero-order valence-electron chi connectivity index (χ0n) is 10.8. The maximum atomic E-state index is 13.7. The van der Waals surface area contributed by atoms with E-state index in [2.05, 4.69) is 10.1 Å². The number of fused-ring (bicyclic) bond motifs is 2. The van der Waals surface area contributed by atoms with E-state index in [1.165, 1.54) is 25.0 Å². The van der Waals surface area contributed by atoms with Crippen molar-refractivity contribution in [1.82, 2.24) is 10.1 Å². The van der Waals surface area contributed by atoms with Gasteiger partial charge >= 0.3 is 0 Å². The molecule has 3 aliphatic rings. The third-order valence-corrected chi connectivity index (χ3v) is 4.16. The lowest BCUT2D eigenvalue weighted by Crippen LogP contribution is -2.42. The lowest BCUT2D eigenvalue weighted by atomic mass is 9.57. The van der Waals surface area contributed by atoms with Gasteiger partial charge in [0, 0.05) is 12.0 Å². The van der Waals surface area contributed by atoms with Gasteiger partial charge in [-0.05, 0) is 39.5 Å². The Bertz CT molecular complexity index is 505.